The number of rotatable bonds is 2. The topological polar surface area (TPSA) is 38.1 Å². The van der Waals surface area contributed by atoms with Gasteiger partial charge in [-0.3, -0.25) is 0 Å². The summed E-state index contributed by atoms with van der Waals surface area (Å²) in [6.45, 7) is 0. The summed E-state index contributed by atoms with van der Waals surface area (Å²) >= 11 is 3.37. The summed E-state index contributed by atoms with van der Waals surface area (Å²) in [7, 11) is 0. The number of hydrogen-bond acceptors (Lipinski definition) is 3. The lowest BCUT2D eigenvalue weighted by Crippen LogP contribution is -1.82. The van der Waals surface area contributed by atoms with Crippen LogP contribution in [0.2, 0.25) is 0 Å². The van der Waals surface area contributed by atoms with E-state index in [9.17, 15) is 0 Å². The second-order valence-electron chi connectivity index (χ2n) is 2.86. The first-order chi connectivity index (χ1) is 7.34. The van der Waals surface area contributed by atoms with Crippen LogP contribution in [0, 0.1) is 0 Å². The molecule has 0 spiro atoms. The molecule has 0 aliphatic rings. The molecule has 1 heterocycles. The number of benzene rings is 1. The molecule has 3 nitrogen and oxygen atoms in total. The van der Waals surface area contributed by atoms with Crippen LogP contribution in [-0.4, -0.2) is 16.2 Å². The van der Waals surface area contributed by atoms with E-state index in [1.165, 1.54) is 0 Å². The summed E-state index contributed by atoms with van der Waals surface area (Å²) in [4.78, 5) is 12.1. The molecule has 74 valence electrons. The molecule has 4 heteroatoms. The van der Waals surface area contributed by atoms with Gasteiger partial charge in [-0.25, -0.2) is 15.0 Å². The molecule has 2 aromatic rings. The lowest BCUT2D eigenvalue weighted by molar-refractivity contribution is 1.14. The van der Waals surface area contributed by atoms with Crippen LogP contribution in [0.1, 0.15) is 5.56 Å². The molecule has 0 aliphatic heterocycles. The molecule has 1 aromatic heterocycles. The molecular formula is C11H8BrN3. The third kappa shape index (κ3) is 2.95. The van der Waals surface area contributed by atoms with E-state index in [2.05, 4.69) is 30.9 Å². The minimum absolute atomic E-state index is 0.473. The highest BCUT2D eigenvalue weighted by Gasteiger charge is 1.90. The van der Waals surface area contributed by atoms with Crippen molar-refractivity contribution in [2.24, 2.45) is 4.99 Å². The fraction of sp³-hybridized carbons (Fsp3) is 0. The Balaban J connectivity index is 2.15. The molecule has 0 amide bonds. The van der Waals surface area contributed by atoms with Gasteiger partial charge in [-0.2, -0.15) is 0 Å². The van der Waals surface area contributed by atoms with Crippen LogP contribution in [0.25, 0.3) is 0 Å². The highest BCUT2D eigenvalue weighted by Crippen LogP contribution is 2.09. The molecule has 0 saturated carbocycles. The Labute approximate surface area is 96.1 Å². The zero-order chi connectivity index (χ0) is 10.5. The van der Waals surface area contributed by atoms with Crippen molar-refractivity contribution in [3.05, 3.63) is 52.8 Å². The maximum atomic E-state index is 4.14. The van der Waals surface area contributed by atoms with Gasteiger partial charge in [-0.05, 0) is 23.8 Å². The lowest BCUT2D eigenvalue weighted by Gasteiger charge is -1.93. The molecule has 0 unspecified atom stereocenters. The van der Waals surface area contributed by atoms with Gasteiger partial charge in [0, 0.05) is 23.1 Å². The zero-order valence-corrected chi connectivity index (χ0v) is 9.42. The van der Waals surface area contributed by atoms with E-state index in [1.807, 2.05) is 24.3 Å². The minimum atomic E-state index is 0.473. The van der Waals surface area contributed by atoms with E-state index < -0.39 is 0 Å². The molecule has 0 bridgehead atoms. The SMILES string of the molecule is Brc1ccc(C=Nc2ncccn2)cc1. The van der Waals surface area contributed by atoms with Crippen molar-refractivity contribution in [3.8, 4) is 0 Å². The van der Waals surface area contributed by atoms with Gasteiger partial charge in [0.25, 0.3) is 0 Å². The molecule has 2 rings (SSSR count). The number of aromatic nitrogens is 2. The third-order valence-corrected chi connectivity index (χ3v) is 2.28. The Morgan fingerprint density at radius 3 is 2.40 bits per heavy atom. The van der Waals surface area contributed by atoms with Gasteiger partial charge in [0.05, 0.1) is 0 Å². The van der Waals surface area contributed by atoms with E-state index in [0.717, 1.165) is 10.0 Å². The maximum Gasteiger partial charge on any atom is 0.249 e. The largest absolute Gasteiger partial charge is 0.249 e. The van der Waals surface area contributed by atoms with Crippen LogP contribution in [0.15, 0.2) is 52.2 Å². The average molecular weight is 262 g/mol. The van der Waals surface area contributed by atoms with E-state index in [1.54, 1.807) is 24.7 Å². The van der Waals surface area contributed by atoms with E-state index >= 15 is 0 Å². The second kappa shape index (κ2) is 4.79. The van der Waals surface area contributed by atoms with Gasteiger partial charge in [-0.1, -0.05) is 28.1 Å². The smallest absolute Gasteiger partial charge is 0.220 e. The normalized spacial score (nSPS) is 10.7. The minimum Gasteiger partial charge on any atom is -0.220 e. The van der Waals surface area contributed by atoms with E-state index in [-0.39, 0.29) is 0 Å². The number of nitrogens with zero attached hydrogens (tertiary/aromatic N) is 3. The van der Waals surface area contributed by atoms with E-state index in [0.29, 0.717) is 5.95 Å². The van der Waals surface area contributed by atoms with Crippen molar-refractivity contribution in [3.63, 3.8) is 0 Å². The summed E-state index contributed by atoms with van der Waals surface area (Å²) in [5.74, 6) is 0.473. The molecular weight excluding hydrogens is 254 g/mol. The Morgan fingerprint density at radius 1 is 1.07 bits per heavy atom. The fourth-order valence-electron chi connectivity index (χ4n) is 1.04. The van der Waals surface area contributed by atoms with Crippen LogP contribution < -0.4 is 0 Å². The van der Waals surface area contributed by atoms with Crippen LogP contribution in [0.5, 0.6) is 0 Å². The molecule has 0 fully saturated rings. The van der Waals surface area contributed by atoms with E-state index in [4.69, 9.17) is 0 Å². The Morgan fingerprint density at radius 2 is 1.73 bits per heavy atom. The standard InChI is InChI=1S/C11H8BrN3/c12-10-4-2-9(3-5-10)8-15-11-13-6-1-7-14-11/h1-8H. The van der Waals surface area contributed by atoms with Crippen molar-refractivity contribution in [2.75, 3.05) is 0 Å². The average Bonchev–Trinajstić information content (AvgIpc) is 2.30. The molecule has 0 atom stereocenters. The molecule has 15 heavy (non-hydrogen) atoms. The first-order valence-corrected chi connectivity index (χ1v) is 5.20. The monoisotopic (exact) mass is 261 g/mol. The predicted molar refractivity (Wildman–Crippen MR) is 63.4 cm³/mol. The summed E-state index contributed by atoms with van der Waals surface area (Å²) < 4.78 is 1.05. The van der Waals surface area contributed by atoms with Crippen molar-refractivity contribution in [2.45, 2.75) is 0 Å². The third-order valence-electron chi connectivity index (χ3n) is 1.75. The predicted octanol–water partition coefficient (Wildman–Crippen LogP) is 2.99. The van der Waals surface area contributed by atoms with Crippen LogP contribution in [-0.2, 0) is 0 Å². The highest BCUT2D eigenvalue weighted by atomic mass is 79.9. The van der Waals surface area contributed by atoms with Gasteiger partial charge in [0.2, 0.25) is 5.95 Å². The summed E-state index contributed by atoms with van der Waals surface area (Å²) in [6, 6.07) is 9.63. The first-order valence-electron chi connectivity index (χ1n) is 4.41. The van der Waals surface area contributed by atoms with Crippen molar-refractivity contribution >= 4 is 28.1 Å². The molecule has 1 aromatic carbocycles. The van der Waals surface area contributed by atoms with Crippen molar-refractivity contribution in [1.82, 2.24) is 9.97 Å². The van der Waals surface area contributed by atoms with Gasteiger partial charge in [-0.15, -0.1) is 0 Å². The molecule has 0 aliphatic carbocycles. The summed E-state index contributed by atoms with van der Waals surface area (Å²) in [5.41, 5.74) is 1.02. The van der Waals surface area contributed by atoms with Crippen molar-refractivity contribution in [1.29, 1.82) is 0 Å². The lowest BCUT2D eigenvalue weighted by atomic mass is 10.2. The highest BCUT2D eigenvalue weighted by molar-refractivity contribution is 9.10. The zero-order valence-electron chi connectivity index (χ0n) is 7.84. The van der Waals surface area contributed by atoms with Gasteiger partial charge in [0.15, 0.2) is 0 Å². The fourth-order valence-corrected chi connectivity index (χ4v) is 1.30. The van der Waals surface area contributed by atoms with Crippen molar-refractivity contribution < 1.29 is 0 Å². The second-order valence-corrected chi connectivity index (χ2v) is 3.77. The van der Waals surface area contributed by atoms with Gasteiger partial charge < -0.3 is 0 Å². The quantitative estimate of drug-likeness (QED) is 0.780. The summed E-state index contributed by atoms with van der Waals surface area (Å²) in [5, 5.41) is 0. The molecule has 0 radical (unpaired) electrons. The number of hydrogen-bond donors (Lipinski definition) is 0. The Hall–Kier alpha value is -1.55. The number of halogens is 1. The Bertz CT molecular complexity index is 451. The summed E-state index contributed by atoms with van der Waals surface area (Å²) in [6.07, 6.45) is 5.07. The first kappa shape index (κ1) is 9.98. The maximum absolute atomic E-state index is 4.14. The van der Waals surface area contributed by atoms with Gasteiger partial charge in [0.1, 0.15) is 0 Å². The van der Waals surface area contributed by atoms with Crippen LogP contribution in [0.4, 0.5) is 5.95 Å². The molecule has 0 N–H and O–H groups in total. The molecule has 0 saturated heterocycles. The Kier molecular flexibility index (Phi) is 3.19. The number of aliphatic imine (C=N–C) groups is 1. The van der Waals surface area contributed by atoms with Crippen LogP contribution >= 0.6 is 15.9 Å². The van der Waals surface area contributed by atoms with Gasteiger partial charge >= 0.3 is 0 Å². The van der Waals surface area contributed by atoms with Crippen LogP contribution in [0.3, 0.4) is 0 Å².